The molecule has 18 heavy (non-hydrogen) atoms. The fraction of sp³-hybridized carbons (Fsp3) is 0.273. The number of hydrogen-bond donors (Lipinski definition) is 1. The summed E-state index contributed by atoms with van der Waals surface area (Å²) in [6, 6.07) is 0. The Morgan fingerprint density at radius 3 is 2.56 bits per heavy atom. The van der Waals surface area contributed by atoms with Crippen LogP contribution in [0, 0.1) is 13.8 Å². The zero-order chi connectivity index (χ0) is 13.3. The number of amides is 1. The van der Waals surface area contributed by atoms with E-state index in [1.165, 1.54) is 12.4 Å². The number of carbonyl (C=O) groups is 1. The summed E-state index contributed by atoms with van der Waals surface area (Å²) in [4.78, 5) is 19.7. The van der Waals surface area contributed by atoms with Gasteiger partial charge in [-0.2, -0.15) is 5.10 Å². The van der Waals surface area contributed by atoms with E-state index < -0.39 is 0 Å². The summed E-state index contributed by atoms with van der Waals surface area (Å²) in [5.41, 5.74) is 2.54. The Kier molecular flexibility index (Phi) is 3.29. The maximum Gasteiger partial charge on any atom is 0.275 e. The van der Waals surface area contributed by atoms with E-state index in [0.29, 0.717) is 5.69 Å². The Bertz CT molecular complexity index is 590. The molecule has 0 saturated carbocycles. The topological polar surface area (TPSA) is 72.7 Å². The summed E-state index contributed by atoms with van der Waals surface area (Å²) < 4.78 is 1.71. The van der Waals surface area contributed by atoms with Crippen molar-refractivity contribution in [3.05, 3.63) is 34.6 Å². The van der Waals surface area contributed by atoms with Crippen LogP contribution in [-0.2, 0) is 7.05 Å². The highest BCUT2D eigenvalue weighted by molar-refractivity contribution is 6.29. The van der Waals surface area contributed by atoms with Gasteiger partial charge >= 0.3 is 0 Å². The van der Waals surface area contributed by atoms with E-state index in [9.17, 15) is 4.79 Å². The quantitative estimate of drug-likeness (QED) is 0.898. The maximum atomic E-state index is 11.9. The lowest BCUT2D eigenvalue weighted by Crippen LogP contribution is -2.15. The van der Waals surface area contributed by atoms with E-state index in [4.69, 9.17) is 11.6 Å². The molecule has 94 valence electrons. The molecule has 0 aliphatic carbocycles. The van der Waals surface area contributed by atoms with Crippen LogP contribution in [0.25, 0.3) is 0 Å². The van der Waals surface area contributed by atoms with Crippen molar-refractivity contribution >= 4 is 23.2 Å². The molecule has 0 atom stereocenters. The third-order valence-electron chi connectivity index (χ3n) is 2.60. The zero-order valence-corrected chi connectivity index (χ0v) is 11.0. The Hall–Kier alpha value is -1.95. The zero-order valence-electron chi connectivity index (χ0n) is 10.2. The van der Waals surface area contributed by atoms with Crippen molar-refractivity contribution in [2.45, 2.75) is 13.8 Å². The summed E-state index contributed by atoms with van der Waals surface area (Å²) in [5.74, 6) is -0.335. The van der Waals surface area contributed by atoms with E-state index in [0.717, 1.165) is 11.4 Å². The van der Waals surface area contributed by atoms with Crippen molar-refractivity contribution in [3.63, 3.8) is 0 Å². The normalized spacial score (nSPS) is 10.4. The van der Waals surface area contributed by atoms with Gasteiger partial charge in [0, 0.05) is 7.05 Å². The van der Waals surface area contributed by atoms with Gasteiger partial charge in [-0.15, -0.1) is 0 Å². The van der Waals surface area contributed by atoms with Gasteiger partial charge in [-0.3, -0.25) is 9.48 Å². The third-order valence-corrected chi connectivity index (χ3v) is 2.80. The third kappa shape index (κ3) is 2.33. The molecule has 0 unspecified atom stereocenters. The summed E-state index contributed by atoms with van der Waals surface area (Å²) >= 11 is 5.61. The molecule has 0 radical (unpaired) electrons. The van der Waals surface area contributed by atoms with Crippen LogP contribution in [0.15, 0.2) is 12.4 Å². The van der Waals surface area contributed by atoms with Crippen LogP contribution >= 0.6 is 11.6 Å². The number of halogens is 1. The second kappa shape index (κ2) is 4.73. The van der Waals surface area contributed by atoms with E-state index >= 15 is 0 Å². The minimum absolute atomic E-state index is 0.210. The lowest BCUT2D eigenvalue weighted by Gasteiger charge is -2.04. The van der Waals surface area contributed by atoms with E-state index in [2.05, 4.69) is 20.4 Å². The van der Waals surface area contributed by atoms with Crippen LogP contribution in [0.1, 0.15) is 21.9 Å². The summed E-state index contributed by atoms with van der Waals surface area (Å²) in [6.07, 6.45) is 2.66. The van der Waals surface area contributed by atoms with Gasteiger partial charge in [-0.1, -0.05) is 11.6 Å². The van der Waals surface area contributed by atoms with Crippen molar-refractivity contribution in [2.75, 3.05) is 5.32 Å². The molecule has 0 bridgehead atoms. The first-order valence-corrected chi connectivity index (χ1v) is 5.66. The molecule has 7 heteroatoms. The molecule has 0 aromatic carbocycles. The van der Waals surface area contributed by atoms with Crippen LogP contribution in [0.5, 0.6) is 0 Å². The number of anilines is 1. The number of nitrogens with one attached hydrogen (secondary N) is 1. The van der Waals surface area contributed by atoms with Crippen molar-refractivity contribution in [2.24, 2.45) is 7.05 Å². The smallest absolute Gasteiger partial charge is 0.275 e. The van der Waals surface area contributed by atoms with Crippen molar-refractivity contribution in [3.8, 4) is 0 Å². The largest absolute Gasteiger partial charge is 0.317 e. The molecular weight excluding hydrogens is 254 g/mol. The number of aryl methyl sites for hydroxylation is 2. The standard InChI is InChI=1S/C11H12ClN5O/c1-6-10(7(2)17(3)16-6)15-11(18)8-4-14-9(12)5-13-8/h4-5H,1-3H3,(H,15,18). The van der Waals surface area contributed by atoms with Crippen LogP contribution in [-0.4, -0.2) is 25.7 Å². The molecule has 1 amide bonds. The molecule has 0 aliphatic rings. The Labute approximate surface area is 109 Å². The lowest BCUT2D eigenvalue weighted by molar-refractivity contribution is 0.102. The second-order valence-corrected chi connectivity index (χ2v) is 4.24. The summed E-state index contributed by atoms with van der Waals surface area (Å²) in [7, 11) is 1.82. The SMILES string of the molecule is Cc1nn(C)c(C)c1NC(=O)c1cnc(Cl)cn1. The predicted octanol–water partition coefficient (Wildman–Crippen LogP) is 1.73. The number of carbonyl (C=O) groups excluding carboxylic acids is 1. The van der Waals surface area contributed by atoms with Crippen molar-refractivity contribution in [1.82, 2.24) is 19.7 Å². The number of aromatic nitrogens is 4. The van der Waals surface area contributed by atoms with E-state index in [1.807, 2.05) is 20.9 Å². The fourth-order valence-corrected chi connectivity index (χ4v) is 1.66. The highest BCUT2D eigenvalue weighted by Crippen LogP contribution is 2.18. The molecule has 0 saturated heterocycles. The van der Waals surface area contributed by atoms with Crippen molar-refractivity contribution in [1.29, 1.82) is 0 Å². The van der Waals surface area contributed by atoms with Gasteiger partial charge < -0.3 is 5.32 Å². The molecular formula is C11H12ClN5O. The molecule has 1 N–H and O–H groups in total. The van der Waals surface area contributed by atoms with Crippen LogP contribution in [0.3, 0.4) is 0 Å². The second-order valence-electron chi connectivity index (χ2n) is 3.85. The van der Waals surface area contributed by atoms with Crippen LogP contribution in [0.2, 0.25) is 5.15 Å². The van der Waals surface area contributed by atoms with Crippen LogP contribution in [0.4, 0.5) is 5.69 Å². The Morgan fingerprint density at radius 2 is 2.06 bits per heavy atom. The Morgan fingerprint density at radius 1 is 1.33 bits per heavy atom. The number of hydrogen-bond acceptors (Lipinski definition) is 4. The molecule has 0 fully saturated rings. The summed E-state index contributed by atoms with van der Waals surface area (Å²) in [5, 5.41) is 7.23. The monoisotopic (exact) mass is 265 g/mol. The molecule has 2 aromatic rings. The molecule has 2 rings (SSSR count). The van der Waals surface area contributed by atoms with Gasteiger partial charge in [0.05, 0.1) is 29.5 Å². The molecule has 2 heterocycles. The first-order chi connectivity index (χ1) is 8.49. The molecule has 0 spiro atoms. The van der Waals surface area contributed by atoms with Crippen LogP contribution < -0.4 is 5.32 Å². The van der Waals surface area contributed by atoms with Gasteiger partial charge in [0.15, 0.2) is 0 Å². The summed E-state index contributed by atoms with van der Waals surface area (Å²) in [6.45, 7) is 3.71. The number of rotatable bonds is 2. The molecule has 6 nitrogen and oxygen atoms in total. The predicted molar refractivity (Wildman–Crippen MR) is 67.7 cm³/mol. The fourth-order valence-electron chi connectivity index (χ4n) is 1.56. The van der Waals surface area contributed by atoms with Gasteiger partial charge in [0.25, 0.3) is 5.91 Å². The first kappa shape index (κ1) is 12.5. The minimum Gasteiger partial charge on any atom is -0.317 e. The minimum atomic E-state index is -0.335. The molecule has 0 aliphatic heterocycles. The van der Waals surface area contributed by atoms with Gasteiger partial charge in [0.2, 0.25) is 0 Å². The average molecular weight is 266 g/mol. The van der Waals surface area contributed by atoms with E-state index in [1.54, 1.807) is 4.68 Å². The highest BCUT2D eigenvalue weighted by Gasteiger charge is 2.14. The van der Waals surface area contributed by atoms with E-state index in [-0.39, 0.29) is 16.8 Å². The highest BCUT2D eigenvalue weighted by atomic mass is 35.5. The first-order valence-electron chi connectivity index (χ1n) is 5.28. The van der Waals surface area contributed by atoms with Gasteiger partial charge in [-0.05, 0) is 13.8 Å². The Balaban J connectivity index is 2.24. The lowest BCUT2D eigenvalue weighted by atomic mass is 10.3. The maximum absolute atomic E-state index is 11.9. The van der Waals surface area contributed by atoms with Crippen molar-refractivity contribution < 1.29 is 4.79 Å². The average Bonchev–Trinajstić information content (AvgIpc) is 2.57. The molecule has 2 aromatic heterocycles. The van der Waals surface area contributed by atoms with Gasteiger partial charge in [-0.25, -0.2) is 9.97 Å². The van der Waals surface area contributed by atoms with Gasteiger partial charge in [0.1, 0.15) is 10.8 Å². The number of nitrogens with zero attached hydrogens (tertiary/aromatic N) is 4.